The number of piperazine rings is 1. The molecule has 1 fully saturated rings. The second kappa shape index (κ2) is 7.77. The molecule has 0 spiro atoms. The summed E-state index contributed by atoms with van der Waals surface area (Å²) in [5.41, 5.74) is 3.23. The summed E-state index contributed by atoms with van der Waals surface area (Å²) in [4.78, 5) is 31.8. The predicted octanol–water partition coefficient (Wildman–Crippen LogP) is 0.571. The van der Waals surface area contributed by atoms with Gasteiger partial charge in [0.25, 0.3) is 0 Å². The van der Waals surface area contributed by atoms with Crippen LogP contribution in [-0.4, -0.2) is 66.2 Å². The fraction of sp³-hybridized carbons (Fsp3) is 0.467. The van der Waals surface area contributed by atoms with Gasteiger partial charge in [0, 0.05) is 32.6 Å². The molecule has 1 aliphatic rings. The summed E-state index contributed by atoms with van der Waals surface area (Å²) in [7, 11) is 1.99. The molecule has 22 heavy (non-hydrogen) atoms. The molecule has 1 amide bonds. The Hall–Kier alpha value is -2.12. The molecule has 7 nitrogen and oxygen atoms in total. The summed E-state index contributed by atoms with van der Waals surface area (Å²) in [6.07, 6.45) is -0.293. The number of nitrogens with zero attached hydrogens (tertiary/aromatic N) is 2. The van der Waals surface area contributed by atoms with Gasteiger partial charge in [0.15, 0.2) is 0 Å². The van der Waals surface area contributed by atoms with E-state index < -0.39 is 18.1 Å². The van der Waals surface area contributed by atoms with Gasteiger partial charge in [-0.1, -0.05) is 30.3 Å². The van der Waals surface area contributed by atoms with Crippen LogP contribution in [0.4, 0.5) is 4.79 Å². The molecule has 2 rings (SSSR count). The van der Waals surface area contributed by atoms with Crippen molar-refractivity contribution in [2.75, 3.05) is 33.2 Å². The molecular weight excluding hydrogens is 286 g/mol. The van der Waals surface area contributed by atoms with E-state index in [9.17, 15) is 14.7 Å². The number of hydrogen-bond acceptors (Lipinski definition) is 5. The van der Waals surface area contributed by atoms with Crippen LogP contribution in [0.5, 0.6) is 0 Å². The van der Waals surface area contributed by atoms with E-state index in [1.807, 2.05) is 37.4 Å². The van der Waals surface area contributed by atoms with Crippen LogP contribution in [0.2, 0.25) is 0 Å². The zero-order valence-corrected chi connectivity index (χ0v) is 12.6. The number of nitrogens with one attached hydrogen (secondary N) is 1. The van der Waals surface area contributed by atoms with Gasteiger partial charge in [-0.05, 0) is 12.6 Å². The first-order valence-corrected chi connectivity index (χ1v) is 7.23. The summed E-state index contributed by atoms with van der Waals surface area (Å²) in [6, 6.07) is 8.23. The third-order valence-corrected chi connectivity index (χ3v) is 3.63. The van der Waals surface area contributed by atoms with E-state index in [1.54, 1.807) is 4.90 Å². The molecule has 0 radical (unpaired) electrons. The Morgan fingerprint density at radius 2 is 1.86 bits per heavy atom. The highest BCUT2D eigenvalue weighted by Gasteiger charge is 2.24. The van der Waals surface area contributed by atoms with Crippen molar-refractivity contribution >= 4 is 12.1 Å². The van der Waals surface area contributed by atoms with Crippen LogP contribution in [-0.2, 0) is 16.1 Å². The van der Waals surface area contributed by atoms with Crippen LogP contribution in [0.3, 0.4) is 0 Å². The Kier molecular flexibility index (Phi) is 5.74. The lowest BCUT2D eigenvalue weighted by atomic mass is 10.1. The zero-order chi connectivity index (χ0) is 15.9. The Morgan fingerprint density at radius 3 is 2.45 bits per heavy atom. The summed E-state index contributed by atoms with van der Waals surface area (Å²) in [5.74, 6) is -1.06. The van der Waals surface area contributed by atoms with Crippen LogP contribution >= 0.6 is 0 Å². The first-order chi connectivity index (χ1) is 10.6. The molecule has 1 aromatic rings. The molecular formula is C15H21N3O4. The molecule has 0 bridgehead atoms. The van der Waals surface area contributed by atoms with E-state index in [-0.39, 0.29) is 6.42 Å². The number of carboxylic acid groups (broad SMARTS) is 1. The summed E-state index contributed by atoms with van der Waals surface area (Å²) in [5, 5.41) is 9.22. The number of benzene rings is 1. The number of likely N-dealkylation sites (N-methyl/N-ethyl adjacent to an activating group) is 1. The number of carbonyl (C=O) groups excluding carboxylic acids is 1. The van der Waals surface area contributed by atoms with Crippen LogP contribution in [0.25, 0.3) is 0 Å². The van der Waals surface area contributed by atoms with E-state index in [2.05, 4.69) is 10.4 Å². The van der Waals surface area contributed by atoms with Gasteiger partial charge >= 0.3 is 12.1 Å². The van der Waals surface area contributed by atoms with Crippen LogP contribution in [0.15, 0.2) is 30.3 Å². The zero-order valence-electron chi connectivity index (χ0n) is 12.6. The Labute approximate surface area is 129 Å². The SMILES string of the molecule is CN1CCN(C(=O)ONC(Cc2ccccc2)C(=O)O)CC1. The van der Waals surface area contributed by atoms with Crippen LogP contribution < -0.4 is 5.48 Å². The number of hydrogen-bond donors (Lipinski definition) is 2. The highest BCUT2D eigenvalue weighted by atomic mass is 16.7. The molecule has 1 aromatic carbocycles. The second-order valence-corrected chi connectivity index (χ2v) is 5.36. The molecule has 1 heterocycles. The van der Waals surface area contributed by atoms with Gasteiger partial charge in [-0.25, -0.2) is 4.79 Å². The van der Waals surface area contributed by atoms with E-state index in [1.165, 1.54) is 0 Å². The number of carbonyl (C=O) groups is 2. The third-order valence-electron chi connectivity index (χ3n) is 3.63. The average Bonchev–Trinajstić information content (AvgIpc) is 2.52. The quantitative estimate of drug-likeness (QED) is 0.774. The lowest BCUT2D eigenvalue weighted by molar-refractivity contribution is -0.142. The van der Waals surface area contributed by atoms with Gasteiger partial charge in [-0.15, -0.1) is 5.48 Å². The minimum absolute atomic E-state index is 0.242. The number of rotatable bonds is 5. The number of hydroxylamine groups is 1. The van der Waals surface area contributed by atoms with Crippen molar-refractivity contribution in [3.8, 4) is 0 Å². The molecule has 0 saturated carbocycles. The van der Waals surface area contributed by atoms with Gasteiger partial charge in [0.05, 0.1) is 0 Å². The van der Waals surface area contributed by atoms with Crippen LogP contribution in [0, 0.1) is 0 Å². The molecule has 120 valence electrons. The largest absolute Gasteiger partial charge is 0.480 e. The van der Waals surface area contributed by atoms with Crippen molar-refractivity contribution < 1.29 is 19.5 Å². The smallest absolute Gasteiger partial charge is 0.428 e. The molecule has 1 atom stereocenters. The van der Waals surface area contributed by atoms with Crippen molar-refractivity contribution in [2.45, 2.75) is 12.5 Å². The fourth-order valence-electron chi connectivity index (χ4n) is 2.20. The van der Waals surface area contributed by atoms with Gasteiger partial charge in [0.1, 0.15) is 6.04 Å². The highest BCUT2D eigenvalue weighted by Crippen LogP contribution is 2.05. The fourth-order valence-corrected chi connectivity index (χ4v) is 2.20. The number of carboxylic acids is 1. The summed E-state index contributed by atoms with van der Waals surface area (Å²) >= 11 is 0. The standard InChI is InChI=1S/C15H21N3O4/c1-17-7-9-18(10-8-17)15(21)22-16-13(14(19)20)11-12-5-3-2-4-6-12/h2-6,13,16H,7-11H2,1H3,(H,19,20). The molecule has 1 aliphatic heterocycles. The second-order valence-electron chi connectivity index (χ2n) is 5.36. The highest BCUT2D eigenvalue weighted by molar-refractivity contribution is 5.74. The van der Waals surface area contributed by atoms with E-state index in [4.69, 9.17) is 4.84 Å². The first kappa shape index (κ1) is 16.3. The Balaban J connectivity index is 1.84. The average molecular weight is 307 g/mol. The van der Waals surface area contributed by atoms with Gasteiger partial charge in [-0.3, -0.25) is 4.79 Å². The van der Waals surface area contributed by atoms with Gasteiger partial charge < -0.3 is 19.7 Å². The normalized spacial score (nSPS) is 17.0. The lowest BCUT2D eigenvalue weighted by Crippen LogP contribution is -2.50. The molecule has 0 aromatic heterocycles. The number of amides is 1. The minimum atomic E-state index is -1.06. The third kappa shape index (κ3) is 4.71. The maximum atomic E-state index is 11.9. The maximum absolute atomic E-state index is 11.9. The monoisotopic (exact) mass is 307 g/mol. The molecule has 0 aliphatic carbocycles. The van der Waals surface area contributed by atoms with Gasteiger partial charge in [-0.2, -0.15) is 0 Å². The lowest BCUT2D eigenvalue weighted by Gasteiger charge is -2.31. The predicted molar refractivity (Wildman–Crippen MR) is 80.3 cm³/mol. The molecule has 1 unspecified atom stereocenters. The topological polar surface area (TPSA) is 82.1 Å². The maximum Gasteiger partial charge on any atom is 0.428 e. The Morgan fingerprint density at radius 1 is 1.23 bits per heavy atom. The minimum Gasteiger partial charge on any atom is -0.480 e. The van der Waals surface area contributed by atoms with Crippen molar-refractivity contribution in [3.63, 3.8) is 0 Å². The molecule has 7 heteroatoms. The Bertz CT molecular complexity index is 501. The van der Waals surface area contributed by atoms with Crippen molar-refractivity contribution in [1.82, 2.24) is 15.3 Å². The summed E-state index contributed by atoms with van der Waals surface area (Å²) in [6.45, 7) is 2.71. The van der Waals surface area contributed by atoms with Gasteiger partial charge in [0.2, 0.25) is 0 Å². The van der Waals surface area contributed by atoms with E-state index in [0.29, 0.717) is 13.1 Å². The number of aliphatic carboxylic acids is 1. The van der Waals surface area contributed by atoms with Crippen molar-refractivity contribution in [2.24, 2.45) is 0 Å². The van der Waals surface area contributed by atoms with E-state index in [0.717, 1.165) is 18.7 Å². The van der Waals surface area contributed by atoms with Crippen LogP contribution in [0.1, 0.15) is 5.56 Å². The van der Waals surface area contributed by atoms with E-state index >= 15 is 0 Å². The molecule has 2 N–H and O–H groups in total. The van der Waals surface area contributed by atoms with Crippen molar-refractivity contribution in [3.05, 3.63) is 35.9 Å². The van der Waals surface area contributed by atoms with Crippen molar-refractivity contribution in [1.29, 1.82) is 0 Å². The molecule has 1 saturated heterocycles. The summed E-state index contributed by atoms with van der Waals surface area (Å²) < 4.78 is 0. The first-order valence-electron chi connectivity index (χ1n) is 7.23.